The number of anilines is 1. The maximum atomic E-state index is 13.8. The van der Waals surface area contributed by atoms with Gasteiger partial charge in [-0.15, -0.1) is 0 Å². The minimum absolute atomic E-state index is 0.0917. The standard InChI is InChI=1S/C32H32ClN3O3/c1-2-3-12-24(16-15-23-10-6-4-7-11-23)28-21-36(32(37)29-30(33)34-22-35-31(29)39-28)25-17-19-27(20-18-25)38-26-13-8-5-9-14-26/h4-11,13-14,17-20,22,24,28H,2-3,12,15-16,21H2,1H3. The zero-order valence-corrected chi connectivity index (χ0v) is 22.8. The van der Waals surface area contributed by atoms with Gasteiger partial charge in [0.1, 0.15) is 34.6 Å². The van der Waals surface area contributed by atoms with Gasteiger partial charge < -0.3 is 14.4 Å². The number of aromatic nitrogens is 2. The number of unbranched alkanes of at least 4 members (excludes halogenated alkanes) is 1. The highest BCUT2D eigenvalue weighted by Crippen LogP contribution is 2.35. The smallest absolute Gasteiger partial charge is 0.267 e. The number of ether oxygens (including phenoxy) is 2. The lowest BCUT2D eigenvalue weighted by molar-refractivity contribution is 0.0975. The Kier molecular flexibility index (Phi) is 8.74. The lowest BCUT2D eigenvalue weighted by Crippen LogP contribution is -2.41. The Bertz CT molecular complexity index is 1370. The second-order valence-electron chi connectivity index (χ2n) is 9.75. The van der Waals surface area contributed by atoms with Gasteiger partial charge in [0.25, 0.3) is 5.91 Å². The van der Waals surface area contributed by atoms with E-state index in [2.05, 4.69) is 41.2 Å². The van der Waals surface area contributed by atoms with Gasteiger partial charge in [-0.2, -0.15) is 0 Å². The normalized spacial score (nSPS) is 15.7. The molecule has 0 fully saturated rings. The number of amides is 1. The van der Waals surface area contributed by atoms with E-state index in [1.54, 1.807) is 4.90 Å². The summed E-state index contributed by atoms with van der Waals surface area (Å²) in [6.07, 6.45) is 6.13. The molecule has 7 heteroatoms. The summed E-state index contributed by atoms with van der Waals surface area (Å²) in [5.41, 5.74) is 2.22. The molecule has 5 rings (SSSR count). The van der Waals surface area contributed by atoms with Crippen LogP contribution in [0.25, 0.3) is 0 Å². The van der Waals surface area contributed by atoms with Crippen LogP contribution >= 0.6 is 11.6 Å². The molecule has 0 aliphatic carbocycles. The average Bonchev–Trinajstić information content (AvgIpc) is 3.12. The van der Waals surface area contributed by atoms with Crippen LogP contribution < -0.4 is 14.4 Å². The largest absolute Gasteiger partial charge is 0.471 e. The first-order valence-electron chi connectivity index (χ1n) is 13.5. The molecule has 1 aliphatic rings. The summed E-state index contributed by atoms with van der Waals surface area (Å²) in [4.78, 5) is 24.0. The Balaban J connectivity index is 1.44. The number of halogens is 1. The molecule has 2 unspecified atom stereocenters. The zero-order valence-electron chi connectivity index (χ0n) is 22.0. The fourth-order valence-electron chi connectivity index (χ4n) is 4.96. The monoisotopic (exact) mass is 541 g/mol. The molecule has 6 nitrogen and oxygen atoms in total. The average molecular weight is 542 g/mol. The number of carbonyl (C=O) groups excluding carboxylic acids is 1. The van der Waals surface area contributed by atoms with Gasteiger partial charge in [-0.1, -0.05) is 79.9 Å². The topological polar surface area (TPSA) is 64.5 Å². The van der Waals surface area contributed by atoms with Gasteiger partial charge in [-0.25, -0.2) is 9.97 Å². The zero-order chi connectivity index (χ0) is 27.0. The quantitative estimate of drug-likeness (QED) is 0.192. The molecule has 0 saturated carbocycles. The molecule has 1 aliphatic heterocycles. The summed E-state index contributed by atoms with van der Waals surface area (Å²) >= 11 is 6.43. The summed E-state index contributed by atoms with van der Waals surface area (Å²) in [6.45, 7) is 2.58. The highest BCUT2D eigenvalue weighted by atomic mass is 35.5. The van der Waals surface area contributed by atoms with Gasteiger partial charge >= 0.3 is 0 Å². The Morgan fingerprint density at radius 3 is 2.36 bits per heavy atom. The number of para-hydroxylation sites is 1. The van der Waals surface area contributed by atoms with Crippen LogP contribution in [-0.4, -0.2) is 28.5 Å². The summed E-state index contributed by atoms with van der Waals surface area (Å²) in [7, 11) is 0. The van der Waals surface area contributed by atoms with E-state index < -0.39 is 0 Å². The van der Waals surface area contributed by atoms with E-state index in [1.165, 1.54) is 11.9 Å². The predicted molar refractivity (Wildman–Crippen MR) is 154 cm³/mol. The molecule has 2 atom stereocenters. The van der Waals surface area contributed by atoms with Crippen LogP contribution in [0.4, 0.5) is 5.69 Å². The minimum atomic E-state index is -0.271. The number of nitrogens with zero attached hydrogens (tertiary/aromatic N) is 3. The van der Waals surface area contributed by atoms with Gasteiger partial charge in [0, 0.05) is 5.69 Å². The van der Waals surface area contributed by atoms with Crippen molar-refractivity contribution in [2.45, 2.75) is 45.1 Å². The van der Waals surface area contributed by atoms with E-state index in [4.69, 9.17) is 21.1 Å². The van der Waals surface area contributed by atoms with Crippen molar-refractivity contribution in [2.24, 2.45) is 5.92 Å². The number of aryl methyl sites for hydroxylation is 1. The van der Waals surface area contributed by atoms with Crippen LogP contribution in [0.2, 0.25) is 5.15 Å². The van der Waals surface area contributed by atoms with Crippen molar-refractivity contribution in [3.05, 3.63) is 108 Å². The molecule has 4 aromatic rings. The summed E-state index contributed by atoms with van der Waals surface area (Å²) in [6, 6.07) is 27.6. The molecule has 0 radical (unpaired) electrons. The van der Waals surface area contributed by atoms with E-state index in [9.17, 15) is 4.79 Å². The Morgan fingerprint density at radius 2 is 1.64 bits per heavy atom. The molecule has 0 N–H and O–H groups in total. The van der Waals surface area contributed by atoms with Gasteiger partial charge in [0.15, 0.2) is 0 Å². The van der Waals surface area contributed by atoms with Crippen LogP contribution in [0.15, 0.2) is 91.3 Å². The molecule has 39 heavy (non-hydrogen) atoms. The number of fused-ring (bicyclic) bond motifs is 1. The van der Waals surface area contributed by atoms with E-state index >= 15 is 0 Å². The Hall–Kier alpha value is -3.90. The van der Waals surface area contributed by atoms with E-state index in [-0.39, 0.29) is 34.5 Å². The first-order valence-corrected chi connectivity index (χ1v) is 13.9. The molecule has 1 aromatic heterocycles. The minimum Gasteiger partial charge on any atom is -0.471 e. The highest BCUT2D eigenvalue weighted by Gasteiger charge is 2.36. The Morgan fingerprint density at radius 1 is 0.949 bits per heavy atom. The third-order valence-electron chi connectivity index (χ3n) is 7.08. The first-order chi connectivity index (χ1) is 19.1. The second-order valence-corrected chi connectivity index (χ2v) is 10.1. The maximum absolute atomic E-state index is 13.8. The molecular formula is C32H32ClN3O3. The van der Waals surface area contributed by atoms with Gasteiger partial charge in [0.2, 0.25) is 5.88 Å². The van der Waals surface area contributed by atoms with Crippen LogP contribution in [-0.2, 0) is 6.42 Å². The van der Waals surface area contributed by atoms with Crippen molar-refractivity contribution in [3.8, 4) is 17.4 Å². The molecule has 200 valence electrons. The number of hydrogen-bond acceptors (Lipinski definition) is 5. The fraction of sp³-hybridized carbons (Fsp3) is 0.281. The van der Waals surface area contributed by atoms with Crippen molar-refractivity contribution in [2.75, 3.05) is 11.4 Å². The van der Waals surface area contributed by atoms with Crippen molar-refractivity contribution >= 4 is 23.2 Å². The second kappa shape index (κ2) is 12.8. The van der Waals surface area contributed by atoms with Gasteiger partial charge in [-0.05, 0) is 67.1 Å². The van der Waals surface area contributed by atoms with Gasteiger partial charge in [0.05, 0.1) is 6.54 Å². The van der Waals surface area contributed by atoms with Crippen molar-refractivity contribution < 1.29 is 14.3 Å². The van der Waals surface area contributed by atoms with Crippen LogP contribution in [0.3, 0.4) is 0 Å². The molecule has 0 spiro atoms. The third-order valence-corrected chi connectivity index (χ3v) is 7.37. The lowest BCUT2D eigenvalue weighted by atomic mass is 9.89. The molecular weight excluding hydrogens is 510 g/mol. The predicted octanol–water partition coefficient (Wildman–Crippen LogP) is 7.77. The van der Waals surface area contributed by atoms with Crippen LogP contribution in [0, 0.1) is 5.92 Å². The molecule has 1 amide bonds. The van der Waals surface area contributed by atoms with Crippen LogP contribution in [0.5, 0.6) is 17.4 Å². The Labute approximate surface area is 234 Å². The third kappa shape index (κ3) is 6.58. The summed E-state index contributed by atoms with van der Waals surface area (Å²) < 4.78 is 12.4. The fourth-order valence-corrected chi connectivity index (χ4v) is 5.17. The molecule has 3 aromatic carbocycles. The molecule has 2 heterocycles. The van der Waals surface area contributed by atoms with E-state index in [1.807, 2.05) is 60.7 Å². The molecule has 0 bridgehead atoms. The van der Waals surface area contributed by atoms with Crippen LogP contribution in [0.1, 0.15) is 48.5 Å². The lowest BCUT2D eigenvalue weighted by Gasteiger charge is -2.30. The van der Waals surface area contributed by atoms with Gasteiger partial charge in [-0.3, -0.25) is 4.79 Å². The first kappa shape index (κ1) is 26.7. The number of rotatable bonds is 10. The van der Waals surface area contributed by atoms with E-state index in [0.29, 0.717) is 12.3 Å². The number of benzene rings is 3. The summed E-state index contributed by atoms with van der Waals surface area (Å²) in [5, 5.41) is 0.0917. The highest BCUT2D eigenvalue weighted by molar-refractivity contribution is 6.33. The summed E-state index contributed by atoms with van der Waals surface area (Å²) in [5.74, 6) is 1.63. The molecule has 0 saturated heterocycles. The number of carbonyl (C=O) groups is 1. The number of hydrogen-bond donors (Lipinski definition) is 0. The van der Waals surface area contributed by atoms with Crippen molar-refractivity contribution in [3.63, 3.8) is 0 Å². The van der Waals surface area contributed by atoms with Crippen molar-refractivity contribution in [1.82, 2.24) is 9.97 Å². The SMILES string of the molecule is CCCCC(CCc1ccccc1)C1CN(c2ccc(Oc3ccccc3)cc2)C(=O)c2c(Cl)ncnc2O1. The maximum Gasteiger partial charge on any atom is 0.267 e. The van der Waals surface area contributed by atoms with Crippen molar-refractivity contribution in [1.29, 1.82) is 0 Å². The van der Waals surface area contributed by atoms with E-state index in [0.717, 1.165) is 43.5 Å².